The zero-order valence-electron chi connectivity index (χ0n) is 16.8. The number of nitrogens with zero attached hydrogens (tertiary/aromatic N) is 1. The summed E-state index contributed by atoms with van der Waals surface area (Å²) < 4.78 is 36.5. The number of nitrogens with one attached hydrogen (secondary N) is 1. The second-order valence-corrected chi connectivity index (χ2v) is 8.58. The summed E-state index contributed by atoms with van der Waals surface area (Å²) in [6.07, 6.45) is 1.04. The van der Waals surface area contributed by atoms with Gasteiger partial charge in [0.2, 0.25) is 15.9 Å². The van der Waals surface area contributed by atoms with Gasteiger partial charge in [0.1, 0.15) is 17.5 Å². The lowest BCUT2D eigenvalue weighted by Crippen LogP contribution is -2.47. The van der Waals surface area contributed by atoms with Gasteiger partial charge in [0, 0.05) is 12.1 Å². The Balaban J connectivity index is 2.23. The van der Waals surface area contributed by atoms with Gasteiger partial charge in [-0.3, -0.25) is 9.10 Å². The summed E-state index contributed by atoms with van der Waals surface area (Å²) in [6, 6.07) is 10.9. The largest absolute Gasteiger partial charge is 0.495 e. The molecule has 0 aliphatic heterocycles. The van der Waals surface area contributed by atoms with E-state index in [0.29, 0.717) is 18.1 Å². The number of amides is 1. The van der Waals surface area contributed by atoms with E-state index in [0.717, 1.165) is 16.1 Å². The van der Waals surface area contributed by atoms with Crippen LogP contribution in [-0.2, 0) is 21.4 Å². The van der Waals surface area contributed by atoms with Crippen LogP contribution in [0.2, 0.25) is 5.02 Å². The average molecular weight is 441 g/mol. The third kappa shape index (κ3) is 5.77. The third-order valence-corrected chi connectivity index (χ3v) is 5.74. The quantitative estimate of drug-likeness (QED) is 0.647. The zero-order chi connectivity index (χ0) is 21.6. The lowest BCUT2D eigenvalue weighted by atomic mass is 10.2. The van der Waals surface area contributed by atoms with E-state index in [1.807, 2.05) is 31.2 Å². The molecule has 0 spiro atoms. The Bertz CT molecular complexity index is 965. The maximum Gasteiger partial charge on any atom is 0.243 e. The standard InChI is InChI=1S/C20H25ClN2O5S/c1-5-28-18-9-7-6-8-15(18)13-22-20(24)14(2)23(29(4,25)26)16-10-11-19(27-3)17(21)12-16/h6-12,14H,5,13H2,1-4H3,(H,22,24)/t14-/m0/s1. The van der Waals surface area contributed by atoms with Gasteiger partial charge >= 0.3 is 0 Å². The molecule has 9 heteroatoms. The number of halogens is 1. The maximum atomic E-state index is 12.7. The van der Waals surface area contributed by atoms with E-state index in [-0.39, 0.29) is 17.3 Å². The molecular weight excluding hydrogens is 416 g/mol. The second-order valence-electron chi connectivity index (χ2n) is 6.31. The first-order chi connectivity index (χ1) is 13.7. The Kier molecular flexibility index (Phi) is 7.75. The number of carbonyl (C=O) groups excluding carboxylic acids is 1. The number of ether oxygens (including phenoxy) is 2. The molecule has 0 saturated heterocycles. The molecule has 0 aromatic heterocycles. The van der Waals surface area contributed by atoms with Gasteiger partial charge in [-0.2, -0.15) is 0 Å². The molecule has 2 aromatic carbocycles. The van der Waals surface area contributed by atoms with Crippen molar-refractivity contribution >= 4 is 33.2 Å². The predicted molar refractivity (Wildman–Crippen MR) is 114 cm³/mol. The number of benzene rings is 2. The van der Waals surface area contributed by atoms with Crippen molar-refractivity contribution in [3.63, 3.8) is 0 Å². The van der Waals surface area contributed by atoms with Crippen LogP contribution in [0.25, 0.3) is 0 Å². The Morgan fingerprint density at radius 1 is 1.21 bits per heavy atom. The predicted octanol–water partition coefficient (Wildman–Crippen LogP) is 3.22. The summed E-state index contributed by atoms with van der Waals surface area (Å²) in [4.78, 5) is 12.7. The topological polar surface area (TPSA) is 84.9 Å². The summed E-state index contributed by atoms with van der Waals surface area (Å²) in [6.45, 7) is 4.10. The highest BCUT2D eigenvalue weighted by Crippen LogP contribution is 2.31. The molecule has 0 saturated carbocycles. The Morgan fingerprint density at radius 3 is 2.48 bits per heavy atom. The summed E-state index contributed by atoms with van der Waals surface area (Å²) >= 11 is 6.14. The van der Waals surface area contributed by atoms with E-state index in [4.69, 9.17) is 21.1 Å². The van der Waals surface area contributed by atoms with Crippen LogP contribution in [-0.4, -0.2) is 40.3 Å². The van der Waals surface area contributed by atoms with Crippen LogP contribution in [0.3, 0.4) is 0 Å². The van der Waals surface area contributed by atoms with Crippen LogP contribution < -0.4 is 19.1 Å². The lowest BCUT2D eigenvalue weighted by molar-refractivity contribution is -0.122. The number of sulfonamides is 1. The number of para-hydroxylation sites is 1. The maximum absolute atomic E-state index is 12.7. The van der Waals surface area contributed by atoms with Gasteiger partial charge in [-0.25, -0.2) is 8.42 Å². The summed E-state index contributed by atoms with van der Waals surface area (Å²) in [5.74, 6) is 0.632. The number of hydrogen-bond donors (Lipinski definition) is 1. The molecule has 0 bridgehead atoms. The minimum Gasteiger partial charge on any atom is -0.495 e. The lowest BCUT2D eigenvalue weighted by Gasteiger charge is -2.28. The Morgan fingerprint density at radius 2 is 1.90 bits per heavy atom. The first kappa shape index (κ1) is 22.8. The van der Waals surface area contributed by atoms with Crippen LogP contribution in [0.5, 0.6) is 11.5 Å². The molecule has 1 N–H and O–H groups in total. The SMILES string of the molecule is CCOc1ccccc1CNC(=O)[C@H](C)N(c1ccc(OC)c(Cl)c1)S(C)(=O)=O. The Hall–Kier alpha value is -2.45. The highest BCUT2D eigenvalue weighted by molar-refractivity contribution is 7.92. The molecule has 0 aliphatic rings. The highest BCUT2D eigenvalue weighted by atomic mass is 35.5. The molecule has 0 heterocycles. The fraction of sp³-hybridized carbons (Fsp3) is 0.350. The molecular formula is C20H25ClN2O5S. The number of hydrogen-bond acceptors (Lipinski definition) is 5. The van der Waals surface area contributed by atoms with E-state index in [9.17, 15) is 13.2 Å². The van der Waals surface area contributed by atoms with Crippen molar-refractivity contribution in [2.24, 2.45) is 0 Å². The molecule has 29 heavy (non-hydrogen) atoms. The van der Waals surface area contributed by atoms with Crippen molar-refractivity contribution in [2.45, 2.75) is 26.4 Å². The number of anilines is 1. The number of methoxy groups -OCH3 is 1. The van der Waals surface area contributed by atoms with Crippen LogP contribution in [0.4, 0.5) is 5.69 Å². The van der Waals surface area contributed by atoms with Crippen molar-refractivity contribution in [3.8, 4) is 11.5 Å². The van der Waals surface area contributed by atoms with E-state index < -0.39 is 22.0 Å². The second kappa shape index (κ2) is 9.84. The van der Waals surface area contributed by atoms with Gasteiger partial charge in [-0.1, -0.05) is 29.8 Å². The fourth-order valence-corrected chi connectivity index (χ4v) is 4.30. The average Bonchev–Trinajstić information content (AvgIpc) is 2.66. The zero-order valence-corrected chi connectivity index (χ0v) is 18.4. The molecule has 2 rings (SSSR count). The van der Waals surface area contributed by atoms with Crippen LogP contribution in [0.1, 0.15) is 19.4 Å². The van der Waals surface area contributed by atoms with Crippen molar-refractivity contribution < 1.29 is 22.7 Å². The van der Waals surface area contributed by atoms with Crippen molar-refractivity contribution in [3.05, 3.63) is 53.1 Å². The molecule has 1 atom stereocenters. The fourth-order valence-electron chi connectivity index (χ4n) is 2.88. The first-order valence-corrected chi connectivity index (χ1v) is 11.2. The van der Waals surface area contributed by atoms with E-state index in [1.165, 1.54) is 20.1 Å². The molecule has 158 valence electrons. The molecule has 7 nitrogen and oxygen atoms in total. The van der Waals surface area contributed by atoms with E-state index in [2.05, 4.69) is 5.32 Å². The minimum absolute atomic E-state index is 0.209. The molecule has 0 radical (unpaired) electrons. The van der Waals surface area contributed by atoms with Crippen molar-refractivity contribution in [1.29, 1.82) is 0 Å². The summed E-state index contributed by atoms with van der Waals surface area (Å²) in [5, 5.41) is 3.02. The van der Waals surface area contributed by atoms with Gasteiger partial charge in [0.05, 0.1) is 30.7 Å². The molecule has 0 unspecified atom stereocenters. The van der Waals surface area contributed by atoms with Gasteiger partial charge in [-0.05, 0) is 38.1 Å². The van der Waals surface area contributed by atoms with Crippen molar-refractivity contribution in [2.75, 3.05) is 24.3 Å². The van der Waals surface area contributed by atoms with Gasteiger partial charge in [-0.15, -0.1) is 0 Å². The minimum atomic E-state index is -3.75. The normalized spacial score (nSPS) is 12.2. The van der Waals surface area contributed by atoms with Crippen LogP contribution in [0.15, 0.2) is 42.5 Å². The Labute approximate surface area is 176 Å². The smallest absolute Gasteiger partial charge is 0.243 e. The molecule has 2 aromatic rings. The number of carbonyl (C=O) groups is 1. The van der Waals surface area contributed by atoms with Crippen LogP contribution in [0, 0.1) is 0 Å². The van der Waals surface area contributed by atoms with Gasteiger partial charge < -0.3 is 14.8 Å². The van der Waals surface area contributed by atoms with E-state index in [1.54, 1.807) is 12.1 Å². The van der Waals surface area contributed by atoms with Crippen molar-refractivity contribution in [1.82, 2.24) is 5.32 Å². The molecule has 0 fully saturated rings. The third-order valence-electron chi connectivity index (χ3n) is 4.20. The highest BCUT2D eigenvalue weighted by Gasteiger charge is 2.29. The summed E-state index contributed by atoms with van der Waals surface area (Å²) in [5.41, 5.74) is 1.07. The summed E-state index contributed by atoms with van der Waals surface area (Å²) in [7, 11) is -2.29. The van der Waals surface area contributed by atoms with Gasteiger partial charge in [0.25, 0.3) is 0 Å². The molecule has 1 amide bonds. The number of rotatable bonds is 9. The van der Waals surface area contributed by atoms with Gasteiger partial charge in [0.15, 0.2) is 0 Å². The molecule has 0 aliphatic carbocycles. The van der Waals surface area contributed by atoms with Crippen LogP contribution >= 0.6 is 11.6 Å². The monoisotopic (exact) mass is 440 g/mol. The first-order valence-electron chi connectivity index (χ1n) is 9.00. The van der Waals surface area contributed by atoms with E-state index >= 15 is 0 Å².